The molecule has 3 rings (SSSR count). The summed E-state index contributed by atoms with van der Waals surface area (Å²) in [6.07, 6.45) is 0. The van der Waals surface area contributed by atoms with Crippen molar-refractivity contribution in [3.63, 3.8) is 0 Å². The molecule has 0 unspecified atom stereocenters. The van der Waals surface area contributed by atoms with Gasteiger partial charge in [-0.2, -0.15) is 4.68 Å². The number of aromatic nitrogens is 3. The van der Waals surface area contributed by atoms with Crippen LogP contribution in [0.4, 0.5) is 5.82 Å². The molecule has 1 amide bonds. The first-order chi connectivity index (χ1) is 11.6. The summed E-state index contributed by atoms with van der Waals surface area (Å²) in [7, 11) is 0. The number of nitrogens with two attached hydrogens (primary N) is 1. The highest BCUT2D eigenvalue weighted by Gasteiger charge is 2.20. The fraction of sp³-hybridized carbons (Fsp3) is 0.167. The van der Waals surface area contributed by atoms with Crippen molar-refractivity contribution < 1.29 is 4.79 Å². The van der Waals surface area contributed by atoms with Gasteiger partial charge in [0.15, 0.2) is 11.5 Å². The third kappa shape index (κ3) is 3.12. The summed E-state index contributed by atoms with van der Waals surface area (Å²) >= 11 is 0. The molecule has 3 aromatic rings. The van der Waals surface area contributed by atoms with E-state index < -0.39 is 0 Å². The van der Waals surface area contributed by atoms with Crippen LogP contribution in [0.25, 0.3) is 5.69 Å². The Labute approximate surface area is 140 Å². The number of nitrogen functional groups attached to an aromatic ring is 1. The lowest BCUT2D eigenvalue weighted by atomic mass is 10.1. The largest absolute Gasteiger partial charge is 0.382 e. The molecule has 0 aliphatic rings. The molecule has 122 valence electrons. The number of hydrogen-bond donors (Lipinski definition) is 2. The van der Waals surface area contributed by atoms with E-state index >= 15 is 0 Å². The molecule has 2 aromatic carbocycles. The van der Waals surface area contributed by atoms with Crippen molar-refractivity contribution in [2.45, 2.75) is 19.9 Å². The van der Waals surface area contributed by atoms with Crippen LogP contribution in [0.15, 0.2) is 54.6 Å². The van der Waals surface area contributed by atoms with Gasteiger partial charge >= 0.3 is 0 Å². The molecule has 6 heteroatoms. The summed E-state index contributed by atoms with van der Waals surface area (Å²) in [5.74, 6) is -0.126. The number of anilines is 1. The Hall–Kier alpha value is -3.15. The lowest BCUT2D eigenvalue weighted by molar-refractivity contribution is 0.0935. The maximum atomic E-state index is 12.4. The van der Waals surface area contributed by atoms with E-state index in [0.29, 0.717) is 0 Å². The molecule has 1 heterocycles. The normalized spacial score (nSPS) is 11.9. The number of hydrogen-bond acceptors (Lipinski definition) is 4. The molecule has 0 fully saturated rings. The zero-order valence-electron chi connectivity index (χ0n) is 13.6. The van der Waals surface area contributed by atoms with Crippen LogP contribution < -0.4 is 11.1 Å². The number of nitrogens with zero attached hydrogens (tertiary/aromatic N) is 3. The number of benzene rings is 2. The van der Waals surface area contributed by atoms with E-state index in [1.54, 1.807) is 0 Å². The van der Waals surface area contributed by atoms with Gasteiger partial charge in [0.2, 0.25) is 0 Å². The average molecular weight is 321 g/mol. The predicted molar refractivity (Wildman–Crippen MR) is 92.8 cm³/mol. The van der Waals surface area contributed by atoms with E-state index in [0.717, 1.165) is 16.8 Å². The van der Waals surface area contributed by atoms with Gasteiger partial charge in [0.05, 0.1) is 11.7 Å². The van der Waals surface area contributed by atoms with Gasteiger partial charge in [-0.3, -0.25) is 4.79 Å². The van der Waals surface area contributed by atoms with Gasteiger partial charge in [-0.05, 0) is 31.5 Å². The van der Waals surface area contributed by atoms with Crippen molar-refractivity contribution in [1.82, 2.24) is 20.3 Å². The second-order valence-corrected chi connectivity index (χ2v) is 5.68. The summed E-state index contributed by atoms with van der Waals surface area (Å²) in [5, 5.41) is 10.8. The molecule has 1 aromatic heterocycles. The SMILES string of the molecule is Cc1ccc(-n2nnc(C(=O)N[C@@H](C)c3ccccc3)c2N)cc1. The average Bonchev–Trinajstić information content (AvgIpc) is 2.98. The van der Waals surface area contributed by atoms with Crippen LogP contribution in [0.3, 0.4) is 0 Å². The minimum atomic E-state index is -0.345. The standard InChI is InChI=1S/C18H19N5O/c1-12-8-10-15(11-9-12)23-17(19)16(21-22-23)18(24)20-13(2)14-6-4-3-5-7-14/h3-11,13H,19H2,1-2H3,(H,20,24)/t13-/m0/s1. The molecule has 0 saturated heterocycles. The van der Waals surface area contributed by atoms with Crippen LogP contribution in [0, 0.1) is 6.92 Å². The number of rotatable bonds is 4. The second kappa shape index (κ2) is 6.54. The monoisotopic (exact) mass is 321 g/mol. The van der Waals surface area contributed by atoms with Crippen LogP contribution in [-0.4, -0.2) is 20.9 Å². The lowest BCUT2D eigenvalue weighted by Gasteiger charge is -2.13. The molecule has 24 heavy (non-hydrogen) atoms. The smallest absolute Gasteiger partial charge is 0.276 e. The molecule has 0 radical (unpaired) electrons. The van der Waals surface area contributed by atoms with E-state index in [4.69, 9.17) is 5.73 Å². The molecule has 0 aliphatic carbocycles. The minimum absolute atomic E-state index is 0.123. The number of nitrogens with one attached hydrogen (secondary N) is 1. The Morgan fingerprint density at radius 1 is 1.12 bits per heavy atom. The molecule has 0 bridgehead atoms. The van der Waals surface area contributed by atoms with Gasteiger partial charge in [-0.25, -0.2) is 0 Å². The first kappa shape index (κ1) is 15.7. The zero-order valence-corrected chi connectivity index (χ0v) is 13.6. The number of carbonyl (C=O) groups is 1. The summed E-state index contributed by atoms with van der Waals surface area (Å²) in [4.78, 5) is 12.4. The number of carbonyl (C=O) groups excluding carboxylic acids is 1. The Kier molecular flexibility index (Phi) is 4.29. The summed E-state index contributed by atoms with van der Waals surface area (Å²) in [6, 6.07) is 17.2. The van der Waals surface area contributed by atoms with Crippen LogP contribution in [0.5, 0.6) is 0 Å². The maximum Gasteiger partial charge on any atom is 0.276 e. The first-order valence-corrected chi connectivity index (χ1v) is 7.70. The van der Waals surface area contributed by atoms with Crippen LogP contribution in [0.2, 0.25) is 0 Å². The van der Waals surface area contributed by atoms with Gasteiger partial charge in [0, 0.05) is 0 Å². The van der Waals surface area contributed by atoms with Gasteiger partial charge < -0.3 is 11.1 Å². The molecule has 1 atom stereocenters. The van der Waals surface area contributed by atoms with E-state index in [1.165, 1.54) is 4.68 Å². The second-order valence-electron chi connectivity index (χ2n) is 5.68. The number of aryl methyl sites for hydroxylation is 1. The summed E-state index contributed by atoms with van der Waals surface area (Å²) in [5.41, 5.74) is 9.10. The van der Waals surface area contributed by atoms with Crippen LogP contribution in [0.1, 0.15) is 34.6 Å². The van der Waals surface area contributed by atoms with Gasteiger partial charge in [0.25, 0.3) is 5.91 Å². The highest BCUT2D eigenvalue weighted by atomic mass is 16.2. The highest BCUT2D eigenvalue weighted by molar-refractivity contribution is 5.96. The van der Waals surface area contributed by atoms with Crippen molar-refractivity contribution in [3.8, 4) is 5.69 Å². The molecule has 0 spiro atoms. The van der Waals surface area contributed by atoms with E-state index in [1.807, 2.05) is 68.4 Å². The van der Waals surface area contributed by atoms with E-state index in [9.17, 15) is 4.79 Å². The van der Waals surface area contributed by atoms with Gasteiger partial charge in [-0.15, -0.1) is 5.10 Å². The molecular weight excluding hydrogens is 302 g/mol. The van der Waals surface area contributed by atoms with Crippen molar-refractivity contribution >= 4 is 11.7 Å². The Balaban J connectivity index is 1.80. The topological polar surface area (TPSA) is 85.8 Å². The Bertz CT molecular complexity index is 840. The maximum absolute atomic E-state index is 12.4. The van der Waals surface area contributed by atoms with Crippen molar-refractivity contribution in [2.24, 2.45) is 0 Å². The van der Waals surface area contributed by atoms with Gasteiger partial charge in [0.1, 0.15) is 0 Å². The van der Waals surface area contributed by atoms with Crippen molar-refractivity contribution in [1.29, 1.82) is 0 Å². The third-order valence-electron chi connectivity index (χ3n) is 3.85. The Morgan fingerprint density at radius 2 is 1.79 bits per heavy atom. The molecule has 3 N–H and O–H groups in total. The highest BCUT2D eigenvalue weighted by Crippen LogP contribution is 2.17. The summed E-state index contributed by atoms with van der Waals surface area (Å²) < 4.78 is 1.46. The molecular formula is C18H19N5O. The van der Waals surface area contributed by atoms with Crippen molar-refractivity contribution in [2.75, 3.05) is 5.73 Å². The summed E-state index contributed by atoms with van der Waals surface area (Å²) in [6.45, 7) is 3.91. The van der Waals surface area contributed by atoms with Gasteiger partial charge in [-0.1, -0.05) is 53.2 Å². The molecule has 6 nitrogen and oxygen atoms in total. The van der Waals surface area contributed by atoms with Crippen LogP contribution in [-0.2, 0) is 0 Å². The lowest BCUT2D eigenvalue weighted by Crippen LogP contribution is -2.27. The van der Waals surface area contributed by atoms with Crippen molar-refractivity contribution in [3.05, 3.63) is 71.4 Å². The van der Waals surface area contributed by atoms with E-state index in [2.05, 4.69) is 15.6 Å². The predicted octanol–water partition coefficient (Wildman–Crippen LogP) is 2.65. The molecule has 0 saturated carbocycles. The first-order valence-electron chi connectivity index (χ1n) is 7.70. The van der Waals surface area contributed by atoms with E-state index in [-0.39, 0.29) is 23.5 Å². The van der Waals surface area contributed by atoms with Crippen LogP contribution >= 0.6 is 0 Å². The Morgan fingerprint density at radius 3 is 2.46 bits per heavy atom. The fourth-order valence-corrected chi connectivity index (χ4v) is 2.42. The quantitative estimate of drug-likeness (QED) is 0.773. The zero-order chi connectivity index (χ0) is 17.1. The number of amides is 1. The minimum Gasteiger partial charge on any atom is -0.382 e. The molecule has 0 aliphatic heterocycles. The fourth-order valence-electron chi connectivity index (χ4n) is 2.42. The third-order valence-corrected chi connectivity index (χ3v) is 3.85.